The van der Waals surface area contributed by atoms with Crippen molar-refractivity contribution in [2.24, 2.45) is 0 Å². The molecule has 0 radical (unpaired) electrons. The molecule has 6 heteroatoms. The van der Waals surface area contributed by atoms with E-state index in [1.54, 1.807) is 6.07 Å². The van der Waals surface area contributed by atoms with Gasteiger partial charge in [0.25, 0.3) is 0 Å². The first kappa shape index (κ1) is 10.9. The second-order valence-electron chi connectivity index (χ2n) is 2.72. The van der Waals surface area contributed by atoms with Crippen LogP contribution in [0.5, 0.6) is 0 Å². The van der Waals surface area contributed by atoms with Crippen LogP contribution in [-0.2, 0) is 6.42 Å². The van der Waals surface area contributed by atoms with Gasteiger partial charge in [-0.3, -0.25) is 10.1 Å². The summed E-state index contributed by atoms with van der Waals surface area (Å²) < 4.78 is 0. The smallest absolute Gasteiger partial charge is 0.306 e. The van der Waals surface area contributed by atoms with Crippen molar-refractivity contribution >= 4 is 17.3 Å². The van der Waals surface area contributed by atoms with Crippen LogP contribution in [-0.4, -0.2) is 23.5 Å². The van der Waals surface area contributed by atoms with Gasteiger partial charge in [0.05, 0.1) is 4.92 Å². The van der Waals surface area contributed by atoms with Gasteiger partial charge in [0.15, 0.2) is 0 Å². The first-order chi connectivity index (χ1) is 6.65. The molecule has 1 aromatic heterocycles. The summed E-state index contributed by atoms with van der Waals surface area (Å²) in [4.78, 5) is 13.8. The molecule has 0 aliphatic carbocycles. The van der Waals surface area contributed by atoms with Crippen LogP contribution in [0.25, 0.3) is 0 Å². The molecule has 1 N–H and O–H groups in total. The van der Waals surface area contributed by atoms with Gasteiger partial charge in [-0.25, -0.2) is 4.98 Å². The lowest BCUT2D eigenvalue weighted by molar-refractivity contribution is -0.385. The van der Waals surface area contributed by atoms with E-state index >= 15 is 0 Å². The summed E-state index contributed by atoms with van der Waals surface area (Å²) in [7, 11) is 1.83. The zero-order chi connectivity index (χ0) is 10.6. The molecule has 1 heterocycles. The molecular weight excluding hydrogens is 206 g/mol. The summed E-state index contributed by atoms with van der Waals surface area (Å²) in [6.45, 7) is 0.765. The molecule has 0 fully saturated rings. The highest BCUT2D eigenvalue weighted by Gasteiger charge is 2.13. The van der Waals surface area contributed by atoms with Crippen LogP contribution in [0, 0.1) is 10.1 Å². The van der Waals surface area contributed by atoms with E-state index < -0.39 is 4.92 Å². The molecule has 0 aromatic carbocycles. The number of rotatable bonds is 4. The number of nitro groups is 1. The first-order valence-electron chi connectivity index (χ1n) is 4.09. The monoisotopic (exact) mass is 215 g/mol. The number of likely N-dealkylation sites (N-methyl/N-ethyl adjacent to an activating group) is 1. The average molecular weight is 216 g/mol. The number of nitrogens with one attached hydrogen (secondary N) is 1. The molecule has 0 saturated heterocycles. The highest BCUT2D eigenvalue weighted by atomic mass is 35.5. The number of pyridine rings is 1. The molecule has 5 nitrogen and oxygen atoms in total. The molecule has 0 amide bonds. The van der Waals surface area contributed by atoms with Gasteiger partial charge in [-0.15, -0.1) is 0 Å². The highest BCUT2D eigenvalue weighted by molar-refractivity contribution is 6.31. The van der Waals surface area contributed by atoms with E-state index in [0.29, 0.717) is 6.42 Å². The molecule has 0 saturated carbocycles. The van der Waals surface area contributed by atoms with E-state index in [4.69, 9.17) is 11.6 Å². The number of nitrogens with zero attached hydrogens (tertiary/aromatic N) is 2. The molecule has 0 aliphatic rings. The third kappa shape index (κ3) is 2.65. The molecule has 76 valence electrons. The topological polar surface area (TPSA) is 68.1 Å². The molecular formula is C8H10ClN3O2. The summed E-state index contributed by atoms with van der Waals surface area (Å²) >= 11 is 5.63. The number of aromatic nitrogens is 1. The van der Waals surface area contributed by atoms with E-state index in [2.05, 4.69) is 10.3 Å². The van der Waals surface area contributed by atoms with Crippen LogP contribution < -0.4 is 5.32 Å². The second-order valence-corrected chi connectivity index (χ2v) is 3.08. The normalized spacial score (nSPS) is 10.1. The fourth-order valence-electron chi connectivity index (χ4n) is 0.993. The Morgan fingerprint density at radius 2 is 2.36 bits per heavy atom. The van der Waals surface area contributed by atoms with E-state index in [9.17, 15) is 10.1 Å². The summed E-state index contributed by atoms with van der Waals surface area (Å²) in [6.07, 6.45) is 0.703. The Morgan fingerprint density at radius 1 is 1.64 bits per heavy atom. The summed E-state index contributed by atoms with van der Waals surface area (Å²) in [5.41, 5.74) is 0.592. The van der Waals surface area contributed by atoms with Gasteiger partial charge in [-0.05, 0) is 13.1 Å². The minimum atomic E-state index is -0.544. The van der Waals surface area contributed by atoms with Crippen LogP contribution in [0.4, 0.5) is 5.69 Å². The summed E-state index contributed by atoms with van der Waals surface area (Å²) in [6, 6.07) is 2.99. The van der Waals surface area contributed by atoms with Crippen molar-refractivity contribution in [1.29, 1.82) is 0 Å². The van der Waals surface area contributed by atoms with Gasteiger partial charge in [0.2, 0.25) is 5.15 Å². The third-order valence-corrected chi connectivity index (χ3v) is 1.99. The van der Waals surface area contributed by atoms with Crippen molar-refractivity contribution in [1.82, 2.24) is 10.3 Å². The first-order valence-corrected chi connectivity index (χ1v) is 4.47. The predicted molar refractivity (Wildman–Crippen MR) is 53.5 cm³/mol. The maximum absolute atomic E-state index is 10.4. The second kappa shape index (κ2) is 4.88. The van der Waals surface area contributed by atoms with Gasteiger partial charge >= 0.3 is 5.69 Å². The SMILES string of the molecule is CNCCc1ccc([N+](=O)[O-])c(Cl)n1. The molecule has 0 atom stereocenters. The van der Waals surface area contributed by atoms with E-state index in [-0.39, 0.29) is 10.8 Å². The minimum Gasteiger partial charge on any atom is -0.319 e. The molecule has 0 spiro atoms. The molecule has 14 heavy (non-hydrogen) atoms. The molecule has 0 unspecified atom stereocenters. The van der Waals surface area contributed by atoms with Crippen LogP contribution in [0.15, 0.2) is 12.1 Å². The van der Waals surface area contributed by atoms with Crippen molar-refractivity contribution in [3.8, 4) is 0 Å². The number of halogens is 1. The van der Waals surface area contributed by atoms with Crippen molar-refractivity contribution < 1.29 is 4.92 Å². The summed E-state index contributed by atoms with van der Waals surface area (Å²) in [5.74, 6) is 0. The molecule has 1 aromatic rings. The van der Waals surface area contributed by atoms with Crippen molar-refractivity contribution in [3.05, 3.63) is 33.1 Å². The van der Waals surface area contributed by atoms with Crippen LogP contribution in [0.1, 0.15) is 5.69 Å². The van der Waals surface area contributed by atoms with Crippen LogP contribution in [0.2, 0.25) is 5.15 Å². The Labute approximate surface area is 86.3 Å². The Balaban J connectivity index is 2.83. The quantitative estimate of drug-likeness (QED) is 0.468. The van der Waals surface area contributed by atoms with E-state index in [0.717, 1.165) is 12.2 Å². The fraction of sp³-hybridized carbons (Fsp3) is 0.375. The average Bonchev–Trinajstić information content (AvgIpc) is 2.14. The van der Waals surface area contributed by atoms with Crippen molar-refractivity contribution in [2.45, 2.75) is 6.42 Å². The Hall–Kier alpha value is -1.20. The standard InChI is InChI=1S/C8H10ClN3O2/c1-10-5-4-6-2-3-7(12(13)14)8(9)11-6/h2-3,10H,4-5H2,1H3. The van der Waals surface area contributed by atoms with Crippen molar-refractivity contribution in [2.75, 3.05) is 13.6 Å². The van der Waals surface area contributed by atoms with Gasteiger partial charge in [0.1, 0.15) is 0 Å². The Morgan fingerprint density at radius 3 is 2.86 bits per heavy atom. The van der Waals surface area contributed by atoms with Gasteiger partial charge in [0, 0.05) is 24.7 Å². The van der Waals surface area contributed by atoms with E-state index in [1.807, 2.05) is 7.05 Å². The zero-order valence-corrected chi connectivity index (χ0v) is 8.41. The minimum absolute atomic E-state index is 0.0522. The summed E-state index contributed by atoms with van der Waals surface area (Å²) in [5, 5.41) is 13.3. The highest BCUT2D eigenvalue weighted by Crippen LogP contribution is 2.21. The van der Waals surface area contributed by atoms with Crippen molar-refractivity contribution in [3.63, 3.8) is 0 Å². The maximum Gasteiger partial charge on any atom is 0.306 e. The Kier molecular flexibility index (Phi) is 3.79. The lowest BCUT2D eigenvalue weighted by Gasteiger charge is -2.00. The number of hydrogen-bond donors (Lipinski definition) is 1. The van der Waals surface area contributed by atoms with E-state index in [1.165, 1.54) is 6.07 Å². The zero-order valence-electron chi connectivity index (χ0n) is 7.66. The maximum atomic E-state index is 10.4. The number of hydrogen-bond acceptors (Lipinski definition) is 4. The van der Waals surface area contributed by atoms with Gasteiger partial charge < -0.3 is 5.32 Å². The Bertz CT molecular complexity index is 343. The molecule has 0 aliphatic heterocycles. The predicted octanol–water partition coefficient (Wildman–Crippen LogP) is 1.41. The lowest BCUT2D eigenvalue weighted by Crippen LogP contribution is -2.11. The van der Waals surface area contributed by atoms with Crippen LogP contribution >= 0.6 is 11.6 Å². The largest absolute Gasteiger partial charge is 0.319 e. The molecule has 1 rings (SSSR count). The van der Waals surface area contributed by atoms with Gasteiger partial charge in [-0.2, -0.15) is 0 Å². The molecule has 0 bridgehead atoms. The fourth-order valence-corrected chi connectivity index (χ4v) is 1.23. The third-order valence-electron chi connectivity index (χ3n) is 1.71. The lowest BCUT2D eigenvalue weighted by atomic mass is 10.2. The van der Waals surface area contributed by atoms with Gasteiger partial charge in [-0.1, -0.05) is 11.6 Å². The van der Waals surface area contributed by atoms with Crippen LogP contribution in [0.3, 0.4) is 0 Å².